The smallest absolute Gasteiger partial charge is 0.133 e. The number of hydrogen-bond donors (Lipinski definition) is 1. The maximum absolute atomic E-state index is 9.42. The molecule has 0 aliphatic rings. The van der Waals surface area contributed by atoms with Gasteiger partial charge in [-0.1, -0.05) is 52.8 Å². The summed E-state index contributed by atoms with van der Waals surface area (Å²) >= 11 is 2.37. The van der Waals surface area contributed by atoms with Gasteiger partial charge >= 0.3 is 0 Å². The molecule has 3 heteroatoms. The predicted molar refractivity (Wildman–Crippen MR) is 97.8 cm³/mol. The molecule has 0 radical (unpaired) electrons. The van der Waals surface area contributed by atoms with Crippen molar-refractivity contribution in [2.24, 2.45) is 0 Å². The molecule has 0 aliphatic heterocycles. The summed E-state index contributed by atoms with van der Waals surface area (Å²) in [6.07, 6.45) is 15.3. The van der Waals surface area contributed by atoms with Crippen molar-refractivity contribution >= 4 is 28.7 Å². The minimum atomic E-state index is -0.844. The molecule has 0 spiro atoms. The topological polar surface area (TPSA) is 29.5 Å². The third-order valence-corrected chi connectivity index (χ3v) is 3.62. The van der Waals surface area contributed by atoms with Gasteiger partial charge < -0.3 is 9.84 Å². The van der Waals surface area contributed by atoms with Gasteiger partial charge in [0.25, 0.3) is 0 Å². The van der Waals surface area contributed by atoms with Crippen molar-refractivity contribution in [3.05, 3.63) is 47.6 Å². The van der Waals surface area contributed by atoms with Crippen LogP contribution < -0.4 is 4.74 Å². The fraction of sp³-hybridized carbons (Fsp3) is 0.333. The first-order valence-corrected chi connectivity index (χ1v) is 8.44. The van der Waals surface area contributed by atoms with E-state index in [2.05, 4.69) is 40.7 Å². The molecule has 1 aromatic rings. The van der Waals surface area contributed by atoms with Crippen molar-refractivity contribution in [3.8, 4) is 18.1 Å². The second-order valence-corrected chi connectivity index (χ2v) is 5.60. The summed E-state index contributed by atoms with van der Waals surface area (Å²) in [6.45, 7) is 0. The number of terminal acetylenes is 1. The van der Waals surface area contributed by atoms with E-state index >= 15 is 0 Å². The molecule has 0 saturated carbocycles. The summed E-state index contributed by atoms with van der Waals surface area (Å²) in [5.74, 6) is 3.12. The van der Waals surface area contributed by atoms with E-state index in [1.54, 1.807) is 13.2 Å². The average molecular weight is 396 g/mol. The lowest BCUT2D eigenvalue weighted by Gasteiger charge is -2.08. The second-order valence-electron chi connectivity index (χ2n) is 4.52. The van der Waals surface area contributed by atoms with E-state index < -0.39 is 6.10 Å². The first-order valence-electron chi connectivity index (χ1n) is 6.91. The van der Waals surface area contributed by atoms with Gasteiger partial charge in [-0.05, 0) is 48.6 Å². The van der Waals surface area contributed by atoms with Crippen LogP contribution in [0.25, 0.3) is 6.08 Å². The van der Waals surface area contributed by atoms with E-state index in [1.165, 1.54) is 5.56 Å². The molecule has 1 unspecified atom stereocenters. The maximum Gasteiger partial charge on any atom is 0.133 e. The standard InChI is InChI=1S/C18H21IO2/c1-3-17(20)11-9-15-10-12-18(21-2)14-16(15)8-6-4-5-7-13-19/h1,4-5,9-12,14,17,20H,6-8,13H2,2H3/b5-4+,11-9+. The van der Waals surface area contributed by atoms with E-state index in [9.17, 15) is 5.11 Å². The molecule has 112 valence electrons. The van der Waals surface area contributed by atoms with Crippen LogP contribution in [0, 0.1) is 12.3 Å². The van der Waals surface area contributed by atoms with Gasteiger partial charge in [0, 0.05) is 4.43 Å². The van der Waals surface area contributed by atoms with E-state index in [0.29, 0.717) is 0 Å². The van der Waals surface area contributed by atoms with Crippen molar-refractivity contribution in [1.82, 2.24) is 0 Å². The SMILES string of the molecule is C#CC(O)/C=C/c1ccc(OC)cc1CC/C=C/CCI. The predicted octanol–water partition coefficient (Wildman–Crippen LogP) is 4.02. The van der Waals surface area contributed by atoms with Gasteiger partial charge in [0.15, 0.2) is 0 Å². The van der Waals surface area contributed by atoms with Crippen LogP contribution in [0.15, 0.2) is 36.4 Å². The first-order chi connectivity index (χ1) is 10.2. The number of methoxy groups -OCH3 is 1. The van der Waals surface area contributed by atoms with E-state index in [-0.39, 0.29) is 0 Å². The Morgan fingerprint density at radius 3 is 2.81 bits per heavy atom. The lowest BCUT2D eigenvalue weighted by Crippen LogP contribution is -1.97. The quantitative estimate of drug-likeness (QED) is 0.311. The third kappa shape index (κ3) is 6.83. The van der Waals surface area contributed by atoms with Crippen molar-refractivity contribution in [2.45, 2.75) is 25.4 Å². The minimum absolute atomic E-state index is 0.843. The summed E-state index contributed by atoms with van der Waals surface area (Å²) in [4.78, 5) is 0. The fourth-order valence-electron chi connectivity index (χ4n) is 1.88. The number of aryl methyl sites for hydroxylation is 1. The van der Waals surface area contributed by atoms with Crippen molar-refractivity contribution in [3.63, 3.8) is 0 Å². The van der Waals surface area contributed by atoms with Gasteiger partial charge in [0.2, 0.25) is 0 Å². The molecule has 1 atom stereocenters. The van der Waals surface area contributed by atoms with Crippen LogP contribution in [0.3, 0.4) is 0 Å². The van der Waals surface area contributed by atoms with Gasteiger partial charge in [-0.2, -0.15) is 0 Å². The van der Waals surface area contributed by atoms with Gasteiger partial charge in [-0.3, -0.25) is 0 Å². The van der Waals surface area contributed by atoms with Crippen LogP contribution in [0.2, 0.25) is 0 Å². The summed E-state index contributed by atoms with van der Waals surface area (Å²) in [6, 6.07) is 5.94. The van der Waals surface area contributed by atoms with Crippen LogP contribution in [-0.4, -0.2) is 22.7 Å². The number of aliphatic hydroxyl groups is 1. The van der Waals surface area contributed by atoms with E-state index in [0.717, 1.165) is 35.0 Å². The molecule has 0 aliphatic carbocycles. The van der Waals surface area contributed by atoms with E-state index in [1.807, 2.05) is 24.3 Å². The Balaban J connectivity index is 2.82. The molecular weight excluding hydrogens is 375 g/mol. The molecule has 1 N–H and O–H groups in total. The number of halogens is 1. The molecule has 1 rings (SSSR count). The molecule has 21 heavy (non-hydrogen) atoms. The first kappa shape index (κ1) is 17.8. The zero-order chi connectivity index (χ0) is 15.5. The summed E-state index contributed by atoms with van der Waals surface area (Å²) in [5.41, 5.74) is 2.25. The number of benzene rings is 1. The molecule has 0 aromatic heterocycles. The Labute approximate surface area is 141 Å². The number of aliphatic hydroxyl groups excluding tert-OH is 1. The molecule has 1 aromatic carbocycles. The highest BCUT2D eigenvalue weighted by Crippen LogP contribution is 2.21. The van der Waals surface area contributed by atoms with Crippen molar-refractivity contribution in [1.29, 1.82) is 0 Å². The van der Waals surface area contributed by atoms with Gasteiger partial charge in [-0.25, -0.2) is 0 Å². The van der Waals surface area contributed by atoms with Gasteiger partial charge in [-0.15, -0.1) is 6.42 Å². The Kier molecular flexibility index (Phi) is 8.88. The zero-order valence-corrected chi connectivity index (χ0v) is 14.4. The molecule has 0 bridgehead atoms. The average Bonchev–Trinajstić information content (AvgIpc) is 2.52. The van der Waals surface area contributed by atoms with Crippen molar-refractivity contribution in [2.75, 3.05) is 11.5 Å². The lowest BCUT2D eigenvalue weighted by molar-refractivity contribution is 0.282. The van der Waals surface area contributed by atoms with Crippen LogP contribution >= 0.6 is 22.6 Å². The Hall–Kier alpha value is -1.25. The highest BCUT2D eigenvalue weighted by molar-refractivity contribution is 14.1. The summed E-state index contributed by atoms with van der Waals surface area (Å²) in [7, 11) is 1.66. The number of hydrogen-bond acceptors (Lipinski definition) is 2. The third-order valence-electron chi connectivity index (χ3n) is 3.00. The number of allylic oxidation sites excluding steroid dienone is 2. The molecule has 0 heterocycles. The second kappa shape index (κ2) is 10.5. The van der Waals surface area contributed by atoms with Crippen LogP contribution in [0.5, 0.6) is 5.75 Å². The molecule has 0 saturated heterocycles. The fourth-order valence-corrected chi connectivity index (χ4v) is 2.24. The number of rotatable bonds is 8. The Morgan fingerprint density at radius 2 is 2.14 bits per heavy atom. The molecule has 0 amide bonds. The number of alkyl halides is 1. The maximum atomic E-state index is 9.42. The summed E-state index contributed by atoms with van der Waals surface area (Å²) < 4.78 is 6.42. The van der Waals surface area contributed by atoms with Gasteiger partial charge in [0.05, 0.1) is 7.11 Å². The summed E-state index contributed by atoms with van der Waals surface area (Å²) in [5, 5.41) is 9.42. The molecule has 0 fully saturated rings. The highest BCUT2D eigenvalue weighted by atomic mass is 127. The Bertz CT molecular complexity index is 527. The number of ether oxygens (including phenoxy) is 1. The van der Waals surface area contributed by atoms with Crippen molar-refractivity contribution < 1.29 is 9.84 Å². The normalized spacial score (nSPS) is 12.7. The van der Waals surface area contributed by atoms with Crippen LogP contribution in [0.4, 0.5) is 0 Å². The van der Waals surface area contributed by atoms with Gasteiger partial charge in [0.1, 0.15) is 11.9 Å². The lowest BCUT2D eigenvalue weighted by atomic mass is 10.0. The largest absolute Gasteiger partial charge is 0.497 e. The monoisotopic (exact) mass is 396 g/mol. The minimum Gasteiger partial charge on any atom is -0.497 e. The highest BCUT2D eigenvalue weighted by Gasteiger charge is 2.02. The van der Waals surface area contributed by atoms with Crippen LogP contribution in [-0.2, 0) is 6.42 Å². The molecule has 2 nitrogen and oxygen atoms in total. The Morgan fingerprint density at radius 1 is 1.38 bits per heavy atom. The zero-order valence-electron chi connectivity index (χ0n) is 12.3. The van der Waals surface area contributed by atoms with Crippen LogP contribution in [0.1, 0.15) is 24.0 Å². The molecular formula is C18H21IO2. The van der Waals surface area contributed by atoms with E-state index in [4.69, 9.17) is 11.2 Å².